The molecule has 0 bridgehead atoms. The van der Waals surface area contributed by atoms with Crippen LogP contribution in [-0.2, 0) is 13.0 Å². The standard InChI is InChI=1S/C14H13FN2O/c15-11-1-3-12(4-2-11)18-13-7-10-8-16-6-5-14(10)17-9-13/h1-4,7,9,16H,5-6,8H2. The van der Waals surface area contributed by atoms with E-state index in [4.69, 9.17) is 4.74 Å². The molecule has 0 spiro atoms. The van der Waals surface area contributed by atoms with Gasteiger partial charge in [-0.15, -0.1) is 0 Å². The highest BCUT2D eigenvalue weighted by Crippen LogP contribution is 2.23. The van der Waals surface area contributed by atoms with Crippen LogP contribution in [0.5, 0.6) is 11.5 Å². The van der Waals surface area contributed by atoms with Gasteiger partial charge in [-0.25, -0.2) is 4.39 Å². The normalized spacial score (nSPS) is 14.1. The SMILES string of the molecule is Fc1ccc(Oc2cnc3c(c2)CNCC3)cc1. The lowest BCUT2D eigenvalue weighted by Gasteiger charge is -2.16. The summed E-state index contributed by atoms with van der Waals surface area (Å²) in [5.74, 6) is 1.03. The molecule has 92 valence electrons. The van der Waals surface area contributed by atoms with Gasteiger partial charge in [-0.1, -0.05) is 0 Å². The molecule has 0 amide bonds. The van der Waals surface area contributed by atoms with Crippen molar-refractivity contribution in [2.45, 2.75) is 13.0 Å². The summed E-state index contributed by atoms with van der Waals surface area (Å²) in [6.07, 6.45) is 2.67. The van der Waals surface area contributed by atoms with E-state index in [9.17, 15) is 4.39 Å². The van der Waals surface area contributed by atoms with Crippen LogP contribution in [0.15, 0.2) is 36.5 Å². The van der Waals surface area contributed by atoms with Crippen LogP contribution in [0.4, 0.5) is 4.39 Å². The third-order valence-electron chi connectivity index (χ3n) is 2.94. The number of hydrogen-bond acceptors (Lipinski definition) is 3. The predicted molar refractivity (Wildman–Crippen MR) is 66.1 cm³/mol. The van der Waals surface area contributed by atoms with Gasteiger partial charge in [0, 0.05) is 25.2 Å². The van der Waals surface area contributed by atoms with Crippen LogP contribution in [-0.4, -0.2) is 11.5 Å². The third-order valence-corrected chi connectivity index (χ3v) is 2.94. The average Bonchev–Trinajstić information content (AvgIpc) is 2.41. The molecule has 0 fully saturated rings. The molecule has 3 rings (SSSR count). The average molecular weight is 244 g/mol. The Morgan fingerprint density at radius 2 is 2.00 bits per heavy atom. The molecule has 1 aliphatic rings. The predicted octanol–water partition coefficient (Wildman–Crippen LogP) is 2.66. The molecular formula is C14H13FN2O. The molecule has 0 aliphatic carbocycles. The highest BCUT2D eigenvalue weighted by atomic mass is 19.1. The number of hydrogen-bond donors (Lipinski definition) is 1. The lowest BCUT2D eigenvalue weighted by atomic mass is 10.1. The summed E-state index contributed by atoms with van der Waals surface area (Å²) in [7, 11) is 0. The van der Waals surface area contributed by atoms with Crippen molar-refractivity contribution in [2.75, 3.05) is 6.54 Å². The first kappa shape index (κ1) is 11.2. The van der Waals surface area contributed by atoms with E-state index in [-0.39, 0.29) is 5.82 Å². The van der Waals surface area contributed by atoms with Gasteiger partial charge in [-0.05, 0) is 35.9 Å². The maximum Gasteiger partial charge on any atom is 0.146 e. The summed E-state index contributed by atoms with van der Waals surface area (Å²) in [6, 6.07) is 7.95. The number of nitrogens with one attached hydrogen (secondary N) is 1. The Morgan fingerprint density at radius 3 is 2.83 bits per heavy atom. The van der Waals surface area contributed by atoms with Gasteiger partial charge >= 0.3 is 0 Å². The number of aromatic nitrogens is 1. The van der Waals surface area contributed by atoms with Crippen LogP contribution in [0.2, 0.25) is 0 Å². The maximum absolute atomic E-state index is 12.8. The van der Waals surface area contributed by atoms with E-state index < -0.39 is 0 Å². The first-order chi connectivity index (χ1) is 8.81. The van der Waals surface area contributed by atoms with E-state index in [1.807, 2.05) is 6.07 Å². The molecule has 0 atom stereocenters. The largest absolute Gasteiger partial charge is 0.456 e. The summed E-state index contributed by atoms with van der Waals surface area (Å²) in [6.45, 7) is 1.79. The molecule has 2 heterocycles. The highest BCUT2D eigenvalue weighted by Gasteiger charge is 2.11. The molecule has 2 aromatic rings. The minimum atomic E-state index is -0.268. The van der Waals surface area contributed by atoms with Crippen LogP contribution in [0.1, 0.15) is 11.3 Å². The smallest absolute Gasteiger partial charge is 0.146 e. The minimum Gasteiger partial charge on any atom is -0.456 e. The summed E-state index contributed by atoms with van der Waals surface area (Å²) < 4.78 is 18.4. The van der Waals surface area contributed by atoms with Gasteiger partial charge in [0.25, 0.3) is 0 Å². The van der Waals surface area contributed by atoms with Gasteiger partial charge < -0.3 is 10.1 Å². The van der Waals surface area contributed by atoms with Crippen LogP contribution in [0, 0.1) is 5.82 Å². The fourth-order valence-electron chi connectivity index (χ4n) is 2.02. The number of nitrogens with zero attached hydrogens (tertiary/aromatic N) is 1. The molecule has 0 radical (unpaired) electrons. The van der Waals surface area contributed by atoms with Crippen LogP contribution >= 0.6 is 0 Å². The molecule has 0 saturated heterocycles. The molecule has 18 heavy (non-hydrogen) atoms. The van der Waals surface area contributed by atoms with Gasteiger partial charge in [-0.3, -0.25) is 4.98 Å². The first-order valence-corrected chi connectivity index (χ1v) is 5.93. The van der Waals surface area contributed by atoms with Crippen molar-refractivity contribution in [3.63, 3.8) is 0 Å². The second-order valence-electron chi connectivity index (χ2n) is 4.26. The fourth-order valence-corrected chi connectivity index (χ4v) is 2.02. The molecule has 0 unspecified atom stereocenters. The maximum atomic E-state index is 12.8. The first-order valence-electron chi connectivity index (χ1n) is 5.93. The number of fused-ring (bicyclic) bond motifs is 1. The van der Waals surface area contributed by atoms with Crippen molar-refractivity contribution < 1.29 is 9.13 Å². The minimum absolute atomic E-state index is 0.268. The van der Waals surface area contributed by atoms with E-state index >= 15 is 0 Å². The summed E-state index contributed by atoms with van der Waals surface area (Å²) in [5.41, 5.74) is 2.29. The quantitative estimate of drug-likeness (QED) is 0.881. The Kier molecular flexibility index (Phi) is 2.94. The lowest BCUT2D eigenvalue weighted by Crippen LogP contribution is -2.24. The Balaban J connectivity index is 1.82. The van der Waals surface area contributed by atoms with Gasteiger partial charge in [0.05, 0.1) is 6.20 Å². The van der Waals surface area contributed by atoms with E-state index in [0.717, 1.165) is 25.2 Å². The molecule has 0 saturated carbocycles. The number of benzene rings is 1. The highest BCUT2D eigenvalue weighted by molar-refractivity contribution is 5.34. The van der Waals surface area contributed by atoms with Crippen molar-refractivity contribution in [3.8, 4) is 11.5 Å². The van der Waals surface area contributed by atoms with Crippen molar-refractivity contribution in [2.24, 2.45) is 0 Å². The summed E-state index contributed by atoms with van der Waals surface area (Å²) in [5, 5.41) is 3.29. The molecular weight excluding hydrogens is 231 g/mol. The monoisotopic (exact) mass is 244 g/mol. The van der Waals surface area contributed by atoms with Gasteiger partial charge in [0.2, 0.25) is 0 Å². The third kappa shape index (κ3) is 2.33. The van der Waals surface area contributed by atoms with Gasteiger partial charge in [0.1, 0.15) is 17.3 Å². The van der Waals surface area contributed by atoms with E-state index in [1.165, 1.54) is 17.7 Å². The topological polar surface area (TPSA) is 34.1 Å². The number of halogens is 1. The van der Waals surface area contributed by atoms with E-state index in [1.54, 1.807) is 18.3 Å². The Morgan fingerprint density at radius 1 is 1.17 bits per heavy atom. The summed E-state index contributed by atoms with van der Waals surface area (Å²) >= 11 is 0. The Hall–Kier alpha value is -1.94. The number of pyridine rings is 1. The molecule has 1 aliphatic heterocycles. The van der Waals surface area contributed by atoms with Gasteiger partial charge in [0.15, 0.2) is 0 Å². The lowest BCUT2D eigenvalue weighted by molar-refractivity contribution is 0.474. The molecule has 1 N–H and O–H groups in total. The van der Waals surface area contributed by atoms with Gasteiger partial charge in [-0.2, -0.15) is 0 Å². The Labute approximate surface area is 105 Å². The Bertz CT molecular complexity index is 554. The number of rotatable bonds is 2. The second-order valence-corrected chi connectivity index (χ2v) is 4.26. The van der Waals surface area contributed by atoms with E-state index in [0.29, 0.717) is 11.5 Å². The van der Waals surface area contributed by atoms with Crippen LogP contribution < -0.4 is 10.1 Å². The van der Waals surface area contributed by atoms with Crippen LogP contribution in [0.25, 0.3) is 0 Å². The molecule has 3 nitrogen and oxygen atoms in total. The second kappa shape index (κ2) is 4.74. The zero-order valence-corrected chi connectivity index (χ0v) is 9.82. The van der Waals surface area contributed by atoms with Crippen molar-refractivity contribution in [3.05, 3.63) is 53.6 Å². The van der Waals surface area contributed by atoms with Crippen molar-refractivity contribution in [1.82, 2.24) is 10.3 Å². The molecule has 1 aromatic heterocycles. The van der Waals surface area contributed by atoms with Crippen molar-refractivity contribution >= 4 is 0 Å². The number of ether oxygens (including phenoxy) is 1. The summed E-state index contributed by atoms with van der Waals surface area (Å²) in [4.78, 5) is 4.39. The molecule has 1 aromatic carbocycles. The zero-order valence-electron chi connectivity index (χ0n) is 9.82. The zero-order chi connectivity index (χ0) is 12.4. The fraction of sp³-hybridized carbons (Fsp3) is 0.214. The van der Waals surface area contributed by atoms with E-state index in [2.05, 4.69) is 10.3 Å². The van der Waals surface area contributed by atoms with Crippen molar-refractivity contribution in [1.29, 1.82) is 0 Å². The van der Waals surface area contributed by atoms with Crippen LogP contribution in [0.3, 0.4) is 0 Å². The molecule has 4 heteroatoms.